The Labute approximate surface area is 113 Å². The van der Waals surface area contributed by atoms with Gasteiger partial charge in [-0.05, 0) is 12.8 Å². The number of aliphatic carboxylic acids is 1. The predicted octanol–water partition coefficient (Wildman–Crippen LogP) is 0.489. The van der Waals surface area contributed by atoms with E-state index in [-0.39, 0.29) is 6.54 Å². The summed E-state index contributed by atoms with van der Waals surface area (Å²) in [7, 11) is 1.42. The Balaban J connectivity index is 4.84. The first-order valence-corrected chi connectivity index (χ1v) is 6.37. The van der Waals surface area contributed by atoms with Crippen LogP contribution in [0, 0.1) is 0 Å². The fourth-order valence-electron chi connectivity index (χ4n) is 1.75. The Morgan fingerprint density at radius 2 is 1.84 bits per heavy atom. The molecule has 1 atom stereocenters. The molecule has 0 aromatic carbocycles. The van der Waals surface area contributed by atoms with Crippen LogP contribution in [0.15, 0.2) is 0 Å². The van der Waals surface area contributed by atoms with Crippen LogP contribution in [0.5, 0.6) is 0 Å². The Morgan fingerprint density at radius 3 is 2.21 bits per heavy atom. The summed E-state index contributed by atoms with van der Waals surface area (Å²) in [6.45, 7) is 3.84. The molecule has 0 bridgehead atoms. The summed E-state index contributed by atoms with van der Waals surface area (Å²) in [4.78, 5) is 36.6. The molecule has 3 N–H and O–H groups in total. The maximum atomic E-state index is 12.2. The molecule has 110 valence electrons. The van der Waals surface area contributed by atoms with Gasteiger partial charge in [-0.25, -0.2) is 9.59 Å². The summed E-state index contributed by atoms with van der Waals surface area (Å²) in [6.07, 6.45) is 1.90. The molecular weight excluding hydrogens is 250 g/mol. The van der Waals surface area contributed by atoms with Crippen molar-refractivity contribution in [3.8, 4) is 0 Å². The van der Waals surface area contributed by atoms with Gasteiger partial charge < -0.3 is 20.6 Å². The standard InChI is InChI=1S/C12H23N3O4/c1-4-6-7-15(8-10(13)16)12(19)14(3)9(5-2)11(17)18/h9H,4-8H2,1-3H3,(H2,13,16)(H,17,18). The summed E-state index contributed by atoms with van der Waals surface area (Å²) >= 11 is 0. The van der Waals surface area contributed by atoms with Gasteiger partial charge in [0, 0.05) is 13.6 Å². The van der Waals surface area contributed by atoms with Crippen molar-refractivity contribution in [1.82, 2.24) is 9.80 Å². The summed E-state index contributed by atoms with van der Waals surface area (Å²) in [5, 5.41) is 9.03. The van der Waals surface area contributed by atoms with Crippen molar-refractivity contribution in [3.05, 3.63) is 0 Å². The average molecular weight is 273 g/mol. The van der Waals surface area contributed by atoms with Crippen LogP contribution in [0.25, 0.3) is 0 Å². The molecule has 0 fully saturated rings. The van der Waals surface area contributed by atoms with Crippen molar-refractivity contribution < 1.29 is 19.5 Å². The number of unbranched alkanes of at least 4 members (excludes halogenated alkanes) is 1. The van der Waals surface area contributed by atoms with Crippen molar-refractivity contribution in [1.29, 1.82) is 0 Å². The zero-order chi connectivity index (χ0) is 15.0. The third-order valence-electron chi connectivity index (χ3n) is 2.84. The lowest BCUT2D eigenvalue weighted by Gasteiger charge is -2.30. The van der Waals surface area contributed by atoms with Crippen LogP contribution in [0.1, 0.15) is 33.1 Å². The molecule has 7 nitrogen and oxygen atoms in total. The molecule has 0 aliphatic heterocycles. The molecule has 1 unspecified atom stereocenters. The van der Waals surface area contributed by atoms with Gasteiger partial charge in [0.15, 0.2) is 0 Å². The van der Waals surface area contributed by atoms with Crippen molar-refractivity contribution in [2.24, 2.45) is 5.73 Å². The Bertz CT molecular complexity index is 333. The number of urea groups is 1. The Kier molecular flexibility index (Phi) is 7.55. The van der Waals surface area contributed by atoms with Crippen LogP contribution in [0.4, 0.5) is 4.79 Å². The van der Waals surface area contributed by atoms with Crippen molar-refractivity contribution >= 4 is 17.9 Å². The number of nitrogens with zero attached hydrogens (tertiary/aromatic N) is 2. The van der Waals surface area contributed by atoms with E-state index in [9.17, 15) is 14.4 Å². The fourth-order valence-corrected chi connectivity index (χ4v) is 1.75. The smallest absolute Gasteiger partial charge is 0.326 e. The number of carboxylic acids is 1. The average Bonchev–Trinajstić information content (AvgIpc) is 2.33. The maximum Gasteiger partial charge on any atom is 0.326 e. The third kappa shape index (κ3) is 5.58. The number of likely N-dealkylation sites (N-methyl/N-ethyl adjacent to an activating group) is 1. The SMILES string of the molecule is CCCCN(CC(N)=O)C(=O)N(C)C(CC)C(=O)O. The van der Waals surface area contributed by atoms with Crippen LogP contribution in [0.3, 0.4) is 0 Å². The molecule has 7 heteroatoms. The maximum absolute atomic E-state index is 12.2. The van der Waals surface area contributed by atoms with Gasteiger partial charge in [-0.3, -0.25) is 4.79 Å². The van der Waals surface area contributed by atoms with Gasteiger partial charge in [0.2, 0.25) is 5.91 Å². The van der Waals surface area contributed by atoms with Gasteiger partial charge in [-0.2, -0.15) is 0 Å². The molecule has 0 aliphatic rings. The van der Waals surface area contributed by atoms with Gasteiger partial charge in [0.25, 0.3) is 0 Å². The summed E-state index contributed by atoms with van der Waals surface area (Å²) in [5.74, 6) is -1.67. The minimum absolute atomic E-state index is 0.195. The van der Waals surface area contributed by atoms with E-state index in [4.69, 9.17) is 10.8 Å². The number of hydrogen-bond acceptors (Lipinski definition) is 3. The summed E-state index contributed by atoms with van der Waals surface area (Å²) in [5.41, 5.74) is 5.10. The third-order valence-corrected chi connectivity index (χ3v) is 2.84. The lowest BCUT2D eigenvalue weighted by Crippen LogP contribution is -2.51. The van der Waals surface area contributed by atoms with E-state index in [0.29, 0.717) is 13.0 Å². The molecule has 0 spiro atoms. The fraction of sp³-hybridized carbons (Fsp3) is 0.750. The minimum Gasteiger partial charge on any atom is -0.480 e. The molecule has 0 aromatic heterocycles. The van der Waals surface area contributed by atoms with Gasteiger partial charge in [0.05, 0.1) is 0 Å². The first kappa shape index (κ1) is 17.2. The second-order valence-corrected chi connectivity index (χ2v) is 4.40. The van der Waals surface area contributed by atoms with E-state index in [1.807, 2.05) is 6.92 Å². The molecule has 0 saturated carbocycles. The Hall–Kier alpha value is -1.79. The highest BCUT2D eigenvalue weighted by Crippen LogP contribution is 2.07. The number of carbonyl (C=O) groups excluding carboxylic acids is 2. The van der Waals surface area contributed by atoms with Crippen LogP contribution < -0.4 is 5.73 Å². The monoisotopic (exact) mass is 273 g/mol. The highest BCUT2D eigenvalue weighted by atomic mass is 16.4. The van der Waals surface area contributed by atoms with E-state index in [2.05, 4.69) is 0 Å². The highest BCUT2D eigenvalue weighted by molar-refractivity contribution is 5.86. The van der Waals surface area contributed by atoms with Crippen LogP contribution in [-0.2, 0) is 9.59 Å². The van der Waals surface area contributed by atoms with Crippen LogP contribution in [0.2, 0.25) is 0 Å². The van der Waals surface area contributed by atoms with E-state index < -0.39 is 23.9 Å². The van der Waals surface area contributed by atoms with Gasteiger partial charge >= 0.3 is 12.0 Å². The van der Waals surface area contributed by atoms with Crippen LogP contribution in [-0.4, -0.2) is 59.0 Å². The van der Waals surface area contributed by atoms with Gasteiger partial charge in [0.1, 0.15) is 12.6 Å². The van der Waals surface area contributed by atoms with Crippen molar-refractivity contribution in [2.75, 3.05) is 20.1 Å². The Morgan fingerprint density at radius 1 is 1.26 bits per heavy atom. The zero-order valence-electron chi connectivity index (χ0n) is 11.8. The molecule has 0 heterocycles. The number of primary amides is 1. The predicted molar refractivity (Wildman–Crippen MR) is 70.5 cm³/mol. The number of nitrogens with two attached hydrogens (primary N) is 1. The normalized spacial score (nSPS) is 11.7. The number of amides is 3. The van der Waals surface area contributed by atoms with E-state index >= 15 is 0 Å². The molecular formula is C12H23N3O4. The molecule has 0 aromatic rings. The molecule has 3 amide bonds. The zero-order valence-corrected chi connectivity index (χ0v) is 11.8. The number of rotatable bonds is 8. The van der Waals surface area contributed by atoms with E-state index in [1.165, 1.54) is 11.9 Å². The number of hydrogen-bond donors (Lipinski definition) is 2. The lowest BCUT2D eigenvalue weighted by molar-refractivity contribution is -0.142. The van der Waals surface area contributed by atoms with E-state index in [1.54, 1.807) is 6.92 Å². The second-order valence-electron chi connectivity index (χ2n) is 4.40. The van der Waals surface area contributed by atoms with Crippen molar-refractivity contribution in [3.63, 3.8) is 0 Å². The van der Waals surface area contributed by atoms with Crippen molar-refractivity contribution in [2.45, 2.75) is 39.2 Å². The number of carboxylic acid groups (broad SMARTS) is 1. The minimum atomic E-state index is -1.06. The summed E-state index contributed by atoms with van der Waals surface area (Å²) in [6, 6.07) is -1.38. The molecule has 0 rings (SSSR count). The largest absolute Gasteiger partial charge is 0.480 e. The molecule has 0 saturated heterocycles. The van der Waals surface area contributed by atoms with E-state index in [0.717, 1.165) is 17.7 Å². The second kappa shape index (κ2) is 8.34. The number of carbonyl (C=O) groups is 3. The van der Waals surface area contributed by atoms with Crippen LogP contribution >= 0.6 is 0 Å². The topological polar surface area (TPSA) is 104 Å². The quantitative estimate of drug-likeness (QED) is 0.671. The molecule has 0 radical (unpaired) electrons. The molecule has 19 heavy (non-hydrogen) atoms. The molecule has 0 aliphatic carbocycles. The highest BCUT2D eigenvalue weighted by Gasteiger charge is 2.28. The first-order valence-electron chi connectivity index (χ1n) is 6.37. The first-order chi connectivity index (χ1) is 8.84. The van der Waals surface area contributed by atoms with Gasteiger partial charge in [-0.1, -0.05) is 20.3 Å². The summed E-state index contributed by atoms with van der Waals surface area (Å²) < 4.78 is 0. The lowest BCUT2D eigenvalue weighted by atomic mass is 10.2. The van der Waals surface area contributed by atoms with Gasteiger partial charge in [-0.15, -0.1) is 0 Å².